The van der Waals surface area contributed by atoms with E-state index < -0.39 is 0 Å². The van der Waals surface area contributed by atoms with Crippen LogP contribution in [0.4, 0.5) is 5.82 Å². The lowest BCUT2D eigenvalue weighted by Gasteiger charge is -2.16. The first-order valence-electron chi connectivity index (χ1n) is 10.7. The smallest absolute Gasteiger partial charge is 0.142 e. The summed E-state index contributed by atoms with van der Waals surface area (Å²) in [6, 6.07) is 31.1. The molecule has 0 fully saturated rings. The SMILES string of the molecule is COc1cccc(-c2cc(-c3ccc4ccc5cccc6ccc3c4c56)c(C#N)c(N)n2)c1. The molecule has 4 heteroatoms. The standard InChI is InChI=1S/C29H19N3O/c1-33-21-7-3-6-20(14-21)26-15-24(25(16-30)29(31)32-26)22-12-10-19-9-8-17-4-2-5-18-11-13-23(22)28(19)27(17)18/h2-15H,1H3,(H2,31,32). The molecule has 0 radical (unpaired) electrons. The summed E-state index contributed by atoms with van der Waals surface area (Å²) in [6.45, 7) is 0. The van der Waals surface area contributed by atoms with E-state index in [1.54, 1.807) is 7.11 Å². The molecule has 0 bridgehead atoms. The zero-order chi connectivity index (χ0) is 22.5. The van der Waals surface area contributed by atoms with E-state index in [2.05, 4.69) is 65.7 Å². The molecule has 4 nitrogen and oxygen atoms in total. The summed E-state index contributed by atoms with van der Waals surface area (Å²) in [5.41, 5.74) is 10.0. The second-order valence-corrected chi connectivity index (χ2v) is 8.13. The van der Waals surface area contributed by atoms with Gasteiger partial charge in [0.15, 0.2) is 0 Å². The highest BCUT2D eigenvalue weighted by Crippen LogP contribution is 2.41. The van der Waals surface area contributed by atoms with Gasteiger partial charge < -0.3 is 10.5 Å². The predicted octanol–water partition coefficient (Wildman–Crippen LogP) is 6.78. The number of nitrogen functional groups attached to an aromatic ring is 1. The molecule has 6 aromatic rings. The van der Waals surface area contributed by atoms with Crippen molar-refractivity contribution >= 4 is 38.1 Å². The molecule has 0 unspecified atom stereocenters. The van der Waals surface area contributed by atoms with Gasteiger partial charge in [-0.25, -0.2) is 4.98 Å². The number of hydrogen-bond donors (Lipinski definition) is 1. The highest BCUT2D eigenvalue weighted by atomic mass is 16.5. The molecule has 6 rings (SSSR count). The maximum Gasteiger partial charge on any atom is 0.142 e. The molecule has 33 heavy (non-hydrogen) atoms. The molecule has 5 aromatic carbocycles. The number of anilines is 1. The normalized spacial score (nSPS) is 11.3. The van der Waals surface area contributed by atoms with Crippen molar-refractivity contribution in [3.8, 4) is 34.2 Å². The van der Waals surface area contributed by atoms with Crippen LogP contribution in [-0.4, -0.2) is 12.1 Å². The van der Waals surface area contributed by atoms with E-state index in [-0.39, 0.29) is 5.82 Å². The van der Waals surface area contributed by atoms with Crippen LogP contribution >= 0.6 is 0 Å². The lowest BCUT2D eigenvalue weighted by Crippen LogP contribution is -2.00. The Bertz CT molecular complexity index is 1710. The molecule has 1 heterocycles. The Morgan fingerprint density at radius 1 is 0.788 bits per heavy atom. The van der Waals surface area contributed by atoms with Crippen LogP contribution in [0.5, 0.6) is 5.75 Å². The second kappa shape index (κ2) is 7.22. The molecule has 0 spiro atoms. The summed E-state index contributed by atoms with van der Waals surface area (Å²) in [7, 11) is 1.63. The fraction of sp³-hybridized carbons (Fsp3) is 0.0345. The van der Waals surface area contributed by atoms with Gasteiger partial charge in [-0.15, -0.1) is 0 Å². The van der Waals surface area contributed by atoms with Crippen LogP contribution in [0.25, 0.3) is 54.7 Å². The minimum atomic E-state index is 0.221. The summed E-state index contributed by atoms with van der Waals surface area (Å²) < 4.78 is 5.38. The maximum atomic E-state index is 9.96. The molecule has 0 saturated carbocycles. The quantitative estimate of drug-likeness (QED) is 0.317. The largest absolute Gasteiger partial charge is 0.497 e. The number of methoxy groups -OCH3 is 1. The summed E-state index contributed by atoms with van der Waals surface area (Å²) in [4.78, 5) is 4.54. The van der Waals surface area contributed by atoms with Crippen molar-refractivity contribution in [2.75, 3.05) is 12.8 Å². The Hall–Kier alpha value is -4.62. The predicted molar refractivity (Wildman–Crippen MR) is 134 cm³/mol. The number of pyridine rings is 1. The lowest BCUT2D eigenvalue weighted by atomic mass is 9.88. The lowest BCUT2D eigenvalue weighted by molar-refractivity contribution is 0.415. The third kappa shape index (κ3) is 2.87. The molecular formula is C29H19N3O. The Labute approximate surface area is 190 Å². The Kier molecular flexibility index (Phi) is 4.18. The van der Waals surface area contributed by atoms with E-state index in [9.17, 15) is 5.26 Å². The van der Waals surface area contributed by atoms with Gasteiger partial charge in [-0.3, -0.25) is 0 Å². The number of nitriles is 1. The van der Waals surface area contributed by atoms with Crippen LogP contribution in [0.1, 0.15) is 5.56 Å². The molecule has 0 aliphatic heterocycles. The van der Waals surface area contributed by atoms with Crippen molar-refractivity contribution in [3.05, 3.63) is 90.5 Å². The van der Waals surface area contributed by atoms with Crippen LogP contribution in [-0.2, 0) is 0 Å². The van der Waals surface area contributed by atoms with Gasteiger partial charge >= 0.3 is 0 Å². The molecule has 0 saturated heterocycles. The summed E-state index contributed by atoms with van der Waals surface area (Å²) >= 11 is 0. The van der Waals surface area contributed by atoms with Gasteiger partial charge in [0.1, 0.15) is 23.2 Å². The van der Waals surface area contributed by atoms with E-state index in [1.165, 1.54) is 26.9 Å². The first-order valence-corrected chi connectivity index (χ1v) is 10.7. The molecule has 0 aliphatic carbocycles. The summed E-state index contributed by atoms with van der Waals surface area (Å²) in [5.74, 6) is 0.958. The number of rotatable bonds is 3. The maximum absolute atomic E-state index is 9.96. The molecule has 2 N–H and O–H groups in total. The van der Waals surface area contributed by atoms with Gasteiger partial charge in [-0.05, 0) is 56.1 Å². The van der Waals surface area contributed by atoms with E-state index in [4.69, 9.17) is 10.5 Å². The van der Waals surface area contributed by atoms with Crippen LogP contribution in [0, 0.1) is 11.3 Å². The zero-order valence-electron chi connectivity index (χ0n) is 18.0. The molecule has 1 aromatic heterocycles. The zero-order valence-corrected chi connectivity index (χ0v) is 18.0. The Morgan fingerprint density at radius 3 is 2.24 bits per heavy atom. The molecule has 0 amide bonds. The van der Waals surface area contributed by atoms with E-state index in [0.29, 0.717) is 11.3 Å². The van der Waals surface area contributed by atoms with Crippen molar-refractivity contribution in [1.29, 1.82) is 5.26 Å². The van der Waals surface area contributed by atoms with Gasteiger partial charge in [0.05, 0.1) is 12.8 Å². The van der Waals surface area contributed by atoms with Crippen molar-refractivity contribution in [3.63, 3.8) is 0 Å². The number of ether oxygens (including phenoxy) is 1. The number of benzene rings is 5. The summed E-state index contributed by atoms with van der Waals surface area (Å²) in [5, 5.41) is 17.1. The Balaban J connectivity index is 1.68. The number of nitrogens with zero attached hydrogens (tertiary/aromatic N) is 2. The highest BCUT2D eigenvalue weighted by Gasteiger charge is 2.18. The molecular weight excluding hydrogens is 406 g/mol. The third-order valence-electron chi connectivity index (χ3n) is 6.34. The van der Waals surface area contributed by atoms with Gasteiger partial charge in [0.2, 0.25) is 0 Å². The molecule has 0 aliphatic rings. The highest BCUT2D eigenvalue weighted by molar-refractivity contribution is 6.25. The fourth-order valence-corrected chi connectivity index (χ4v) is 4.80. The first kappa shape index (κ1) is 19.1. The van der Waals surface area contributed by atoms with Crippen LogP contribution in [0.2, 0.25) is 0 Å². The minimum Gasteiger partial charge on any atom is -0.497 e. The van der Waals surface area contributed by atoms with Crippen molar-refractivity contribution < 1.29 is 4.74 Å². The monoisotopic (exact) mass is 425 g/mol. The number of aromatic nitrogens is 1. The summed E-state index contributed by atoms with van der Waals surface area (Å²) in [6.07, 6.45) is 0. The van der Waals surface area contributed by atoms with Crippen molar-refractivity contribution in [1.82, 2.24) is 4.98 Å². The van der Waals surface area contributed by atoms with Crippen molar-refractivity contribution in [2.24, 2.45) is 0 Å². The topological polar surface area (TPSA) is 71.9 Å². The van der Waals surface area contributed by atoms with E-state index in [1.807, 2.05) is 30.3 Å². The third-order valence-corrected chi connectivity index (χ3v) is 6.34. The average Bonchev–Trinajstić information content (AvgIpc) is 2.86. The number of nitrogens with two attached hydrogens (primary N) is 1. The second-order valence-electron chi connectivity index (χ2n) is 8.13. The van der Waals surface area contributed by atoms with Gasteiger partial charge in [0, 0.05) is 11.1 Å². The van der Waals surface area contributed by atoms with Gasteiger partial charge in [-0.2, -0.15) is 5.26 Å². The van der Waals surface area contributed by atoms with E-state index >= 15 is 0 Å². The average molecular weight is 425 g/mol. The minimum absolute atomic E-state index is 0.221. The van der Waals surface area contributed by atoms with E-state index in [0.717, 1.165) is 27.8 Å². The van der Waals surface area contributed by atoms with Crippen LogP contribution in [0.3, 0.4) is 0 Å². The first-order chi connectivity index (χ1) is 16.2. The van der Waals surface area contributed by atoms with Gasteiger partial charge in [-0.1, -0.05) is 66.7 Å². The van der Waals surface area contributed by atoms with Crippen LogP contribution in [0.15, 0.2) is 84.9 Å². The molecule has 156 valence electrons. The van der Waals surface area contributed by atoms with Crippen LogP contribution < -0.4 is 10.5 Å². The fourth-order valence-electron chi connectivity index (χ4n) is 4.80. The Morgan fingerprint density at radius 2 is 1.48 bits per heavy atom. The van der Waals surface area contributed by atoms with Gasteiger partial charge in [0.25, 0.3) is 0 Å². The number of hydrogen-bond acceptors (Lipinski definition) is 4. The molecule has 0 atom stereocenters. The van der Waals surface area contributed by atoms with Crippen molar-refractivity contribution in [2.45, 2.75) is 0 Å².